The van der Waals surface area contributed by atoms with E-state index in [1.165, 1.54) is 7.11 Å². The van der Waals surface area contributed by atoms with Gasteiger partial charge in [0, 0.05) is 6.42 Å². The van der Waals surface area contributed by atoms with E-state index in [1.54, 1.807) is 0 Å². The van der Waals surface area contributed by atoms with Crippen LogP contribution in [0.3, 0.4) is 0 Å². The van der Waals surface area contributed by atoms with Gasteiger partial charge in [-0.15, -0.1) is 0 Å². The summed E-state index contributed by atoms with van der Waals surface area (Å²) in [6.07, 6.45) is 8.05. The summed E-state index contributed by atoms with van der Waals surface area (Å²) in [6, 6.07) is 0. The minimum atomic E-state index is -0.254. The molecule has 3 heteroatoms. The minimum Gasteiger partial charge on any atom is -0.469 e. The van der Waals surface area contributed by atoms with Crippen LogP contribution in [0.2, 0.25) is 0 Å². The molecule has 0 aliphatic heterocycles. The lowest BCUT2D eigenvalue weighted by Crippen LogP contribution is -2.21. The average Bonchev–Trinajstić information content (AvgIpc) is 2.61. The van der Waals surface area contributed by atoms with Gasteiger partial charge < -0.3 is 9.84 Å². The number of allylic oxidation sites excluding steroid dienone is 2. The average molecular weight is 226 g/mol. The van der Waals surface area contributed by atoms with Crippen LogP contribution in [0.5, 0.6) is 0 Å². The zero-order chi connectivity index (χ0) is 12.0. The van der Waals surface area contributed by atoms with Crippen LogP contribution in [0.15, 0.2) is 12.2 Å². The smallest absolute Gasteiger partial charge is 0.305 e. The third-order valence-electron chi connectivity index (χ3n) is 3.40. The van der Waals surface area contributed by atoms with E-state index in [1.807, 2.05) is 0 Å². The fourth-order valence-electron chi connectivity index (χ4n) is 2.45. The Morgan fingerprint density at radius 2 is 2.19 bits per heavy atom. The van der Waals surface area contributed by atoms with Crippen LogP contribution in [-0.2, 0) is 9.53 Å². The van der Waals surface area contributed by atoms with Crippen LogP contribution in [0.1, 0.15) is 39.0 Å². The summed E-state index contributed by atoms with van der Waals surface area (Å²) in [6.45, 7) is 2.09. The molecule has 1 N–H and O–H groups in total. The molecule has 0 spiro atoms. The number of aliphatic hydroxyl groups excluding tert-OH is 1. The molecule has 0 saturated heterocycles. The lowest BCUT2D eigenvalue weighted by atomic mass is 9.89. The Morgan fingerprint density at radius 3 is 2.81 bits per heavy atom. The van der Waals surface area contributed by atoms with Gasteiger partial charge in [0.1, 0.15) is 0 Å². The summed E-state index contributed by atoms with van der Waals surface area (Å²) in [5.41, 5.74) is 0. The van der Waals surface area contributed by atoms with Gasteiger partial charge in [-0.2, -0.15) is 0 Å². The lowest BCUT2D eigenvalue weighted by molar-refractivity contribution is -0.142. The first-order chi connectivity index (χ1) is 7.69. The summed E-state index contributed by atoms with van der Waals surface area (Å²) >= 11 is 0. The third-order valence-corrected chi connectivity index (χ3v) is 3.40. The standard InChI is InChI=1S/C13H22O3/c1-3-4-5-6-11-10(7-8-12(11)14)9-13(15)16-2/h4-5,10-12,14H,3,6-9H2,1-2H3/t10-,11+,12-/m1/s1. The number of hydrogen-bond donors (Lipinski definition) is 1. The van der Waals surface area contributed by atoms with Crippen LogP contribution in [0.25, 0.3) is 0 Å². The Labute approximate surface area is 97.5 Å². The number of hydrogen-bond acceptors (Lipinski definition) is 3. The molecule has 3 atom stereocenters. The van der Waals surface area contributed by atoms with Gasteiger partial charge in [0.15, 0.2) is 0 Å². The molecular weight excluding hydrogens is 204 g/mol. The Hall–Kier alpha value is -0.830. The quantitative estimate of drug-likeness (QED) is 0.578. The fraction of sp³-hybridized carbons (Fsp3) is 0.769. The van der Waals surface area contributed by atoms with Gasteiger partial charge >= 0.3 is 5.97 Å². The van der Waals surface area contributed by atoms with Crippen LogP contribution in [-0.4, -0.2) is 24.3 Å². The molecule has 16 heavy (non-hydrogen) atoms. The van der Waals surface area contributed by atoms with Crippen molar-refractivity contribution in [2.24, 2.45) is 11.8 Å². The predicted octanol–water partition coefficient (Wildman–Crippen LogP) is 2.29. The van der Waals surface area contributed by atoms with Crippen LogP contribution in [0, 0.1) is 11.8 Å². The molecule has 1 aliphatic carbocycles. The molecule has 0 amide bonds. The molecular formula is C13H22O3. The number of methoxy groups -OCH3 is 1. The zero-order valence-electron chi connectivity index (χ0n) is 10.2. The topological polar surface area (TPSA) is 46.5 Å². The number of esters is 1. The van der Waals surface area contributed by atoms with Crippen molar-refractivity contribution in [3.8, 4) is 0 Å². The first kappa shape index (κ1) is 13.2. The van der Waals surface area contributed by atoms with E-state index < -0.39 is 0 Å². The highest BCUT2D eigenvalue weighted by Gasteiger charge is 2.35. The first-order valence-corrected chi connectivity index (χ1v) is 6.08. The molecule has 1 rings (SSSR count). The Bertz CT molecular complexity index is 248. The maximum atomic E-state index is 11.2. The SMILES string of the molecule is CCC=CC[C@H]1[C@@H](CC(=O)OC)CC[C@H]1O. The number of ether oxygens (including phenoxy) is 1. The first-order valence-electron chi connectivity index (χ1n) is 6.08. The zero-order valence-corrected chi connectivity index (χ0v) is 10.2. The maximum Gasteiger partial charge on any atom is 0.305 e. The van der Waals surface area contributed by atoms with Gasteiger partial charge in [-0.3, -0.25) is 4.79 Å². The third kappa shape index (κ3) is 3.63. The molecule has 0 aromatic heterocycles. The Kier molecular flexibility index (Phi) is 5.53. The summed E-state index contributed by atoms with van der Waals surface area (Å²) in [7, 11) is 1.42. The van der Waals surface area contributed by atoms with E-state index in [0.29, 0.717) is 6.42 Å². The molecule has 92 valence electrons. The molecule has 0 heterocycles. The van der Waals surface area contributed by atoms with Crippen molar-refractivity contribution in [3.05, 3.63) is 12.2 Å². The number of carbonyl (C=O) groups excluding carboxylic acids is 1. The molecule has 0 unspecified atom stereocenters. The highest BCUT2D eigenvalue weighted by atomic mass is 16.5. The number of aliphatic hydroxyl groups is 1. The van der Waals surface area contributed by atoms with Gasteiger partial charge in [-0.1, -0.05) is 19.1 Å². The number of rotatable bonds is 5. The molecule has 1 saturated carbocycles. The molecule has 1 fully saturated rings. The fourth-order valence-corrected chi connectivity index (χ4v) is 2.45. The highest BCUT2D eigenvalue weighted by molar-refractivity contribution is 5.69. The minimum absolute atomic E-state index is 0.163. The van der Waals surface area contributed by atoms with E-state index in [2.05, 4.69) is 23.8 Å². The van der Waals surface area contributed by atoms with Crippen molar-refractivity contribution < 1.29 is 14.6 Å². The largest absolute Gasteiger partial charge is 0.469 e. The van der Waals surface area contributed by atoms with Crippen LogP contribution in [0.4, 0.5) is 0 Å². The van der Waals surface area contributed by atoms with Crippen molar-refractivity contribution in [2.75, 3.05) is 7.11 Å². The summed E-state index contributed by atoms with van der Waals surface area (Å²) in [4.78, 5) is 11.2. The monoisotopic (exact) mass is 226 g/mol. The van der Waals surface area contributed by atoms with Crippen molar-refractivity contribution in [2.45, 2.75) is 45.1 Å². The normalized spacial score (nSPS) is 29.8. The van der Waals surface area contributed by atoms with E-state index in [0.717, 1.165) is 25.7 Å². The van der Waals surface area contributed by atoms with Gasteiger partial charge in [-0.25, -0.2) is 0 Å². The Morgan fingerprint density at radius 1 is 1.44 bits per heavy atom. The molecule has 0 aromatic carbocycles. The van der Waals surface area contributed by atoms with Crippen molar-refractivity contribution >= 4 is 5.97 Å². The molecule has 0 radical (unpaired) electrons. The van der Waals surface area contributed by atoms with Crippen molar-refractivity contribution in [1.29, 1.82) is 0 Å². The van der Waals surface area contributed by atoms with E-state index >= 15 is 0 Å². The predicted molar refractivity (Wildman–Crippen MR) is 62.9 cm³/mol. The summed E-state index contributed by atoms with van der Waals surface area (Å²) < 4.78 is 4.68. The van der Waals surface area contributed by atoms with Crippen LogP contribution < -0.4 is 0 Å². The van der Waals surface area contributed by atoms with E-state index in [9.17, 15) is 9.90 Å². The molecule has 0 aromatic rings. The van der Waals surface area contributed by atoms with Gasteiger partial charge in [0.05, 0.1) is 13.2 Å². The van der Waals surface area contributed by atoms with Gasteiger partial charge in [-0.05, 0) is 37.5 Å². The Balaban J connectivity index is 2.48. The van der Waals surface area contributed by atoms with Gasteiger partial charge in [0.2, 0.25) is 0 Å². The molecule has 0 bridgehead atoms. The van der Waals surface area contributed by atoms with Crippen molar-refractivity contribution in [3.63, 3.8) is 0 Å². The molecule has 1 aliphatic rings. The number of carbonyl (C=O) groups is 1. The second-order valence-corrected chi connectivity index (χ2v) is 4.46. The van der Waals surface area contributed by atoms with E-state index in [-0.39, 0.29) is 23.9 Å². The summed E-state index contributed by atoms with van der Waals surface area (Å²) in [5, 5.41) is 9.86. The van der Waals surface area contributed by atoms with E-state index in [4.69, 9.17) is 0 Å². The second kappa shape index (κ2) is 6.69. The lowest BCUT2D eigenvalue weighted by Gasteiger charge is -2.19. The second-order valence-electron chi connectivity index (χ2n) is 4.46. The van der Waals surface area contributed by atoms with Gasteiger partial charge in [0.25, 0.3) is 0 Å². The highest BCUT2D eigenvalue weighted by Crippen LogP contribution is 2.37. The molecule has 3 nitrogen and oxygen atoms in total. The summed E-state index contributed by atoms with van der Waals surface area (Å²) in [5.74, 6) is 0.342. The van der Waals surface area contributed by atoms with Crippen molar-refractivity contribution in [1.82, 2.24) is 0 Å². The maximum absolute atomic E-state index is 11.2. The van der Waals surface area contributed by atoms with Crippen LogP contribution >= 0.6 is 0 Å².